The number of hydrogen-bond donors (Lipinski definition) is 0. The number of halogens is 6. The van der Waals surface area contributed by atoms with Gasteiger partial charge in [-0.3, -0.25) is 4.98 Å². The lowest BCUT2D eigenvalue weighted by Gasteiger charge is -2.16. The van der Waals surface area contributed by atoms with Crippen molar-refractivity contribution < 1.29 is 31.5 Å². The topological polar surface area (TPSA) is 39.2 Å². The SMILES string of the molecule is COC(=O)C(F)(F)c1ccnc(-c2ccc(F)c(Cl)c2F)c1F. The molecule has 0 aliphatic heterocycles. The van der Waals surface area contributed by atoms with E-state index in [0.29, 0.717) is 13.2 Å². The Kier molecular flexibility index (Phi) is 4.56. The molecule has 0 unspecified atom stereocenters. The smallest absolute Gasteiger partial charge is 0.381 e. The summed E-state index contributed by atoms with van der Waals surface area (Å²) in [5.74, 6) is -10.4. The highest BCUT2D eigenvalue weighted by molar-refractivity contribution is 6.31. The summed E-state index contributed by atoms with van der Waals surface area (Å²) >= 11 is 5.37. The predicted octanol–water partition coefficient (Wildman–Crippen LogP) is 4.08. The van der Waals surface area contributed by atoms with Crippen LogP contribution in [-0.4, -0.2) is 18.1 Å². The molecule has 1 heterocycles. The minimum absolute atomic E-state index is 0.554. The van der Waals surface area contributed by atoms with E-state index >= 15 is 0 Å². The fourth-order valence-corrected chi connectivity index (χ4v) is 1.99. The van der Waals surface area contributed by atoms with Crippen molar-refractivity contribution in [3.05, 3.63) is 52.4 Å². The second kappa shape index (κ2) is 6.11. The van der Waals surface area contributed by atoms with Crippen LogP contribution in [0.3, 0.4) is 0 Å². The van der Waals surface area contributed by atoms with Gasteiger partial charge >= 0.3 is 11.9 Å². The molecule has 1 aromatic heterocycles. The van der Waals surface area contributed by atoms with Crippen LogP contribution in [0, 0.1) is 17.5 Å². The van der Waals surface area contributed by atoms with E-state index < -0.39 is 51.2 Å². The molecule has 23 heavy (non-hydrogen) atoms. The van der Waals surface area contributed by atoms with Crippen molar-refractivity contribution >= 4 is 17.6 Å². The Morgan fingerprint density at radius 2 is 1.83 bits per heavy atom. The molecule has 3 nitrogen and oxygen atoms in total. The van der Waals surface area contributed by atoms with E-state index in [2.05, 4.69) is 9.72 Å². The summed E-state index contributed by atoms with van der Waals surface area (Å²) in [5.41, 5.74) is -2.82. The Balaban J connectivity index is 2.67. The summed E-state index contributed by atoms with van der Waals surface area (Å²) in [6, 6.07) is 2.08. The van der Waals surface area contributed by atoms with Gasteiger partial charge in [0, 0.05) is 11.8 Å². The zero-order valence-corrected chi connectivity index (χ0v) is 12.1. The quantitative estimate of drug-likeness (QED) is 0.475. The zero-order chi connectivity index (χ0) is 17.4. The molecule has 0 radical (unpaired) electrons. The van der Waals surface area contributed by atoms with Crippen LogP contribution in [-0.2, 0) is 15.5 Å². The molecule has 0 amide bonds. The van der Waals surface area contributed by atoms with Crippen molar-refractivity contribution in [3.63, 3.8) is 0 Å². The first-order chi connectivity index (χ1) is 10.7. The highest BCUT2D eigenvalue weighted by Gasteiger charge is 2.45. The molecule has 0 bridgehead atoms. The summed E-state index contributed by atoms with van der Waals surface area (Å²) in [6.07, 6.45) is 0.751. The van der Waals surface area contributed by atoms with Gasteiger partial charge in [-0.15, -0.1) is 0 Å². The van der Waals surface area contributed by atoms with Gasteiger partial charge in [0.1, 0.15) is 16.5 Å². The van der Waals surface area contributed by atoms with Crippen molar-refractivity contribution in [2.45, 2.75) is 5.92 Å². The van der Waals surface area contributed by atoms with E-state index in [0.717, 1.165) is 18.3 Å². The number of alkyl halides is 2. The fourth-order valence-electron chi connectivity index (χ4n) is 1.82. The number of methoxy groups -OCH3 is 1. The van der Waals surface area contributed by atoms with Gasteiger partial charge in [0.15, 0.2) is 11.6 Å². The minimum Gasteiger partial charge on any atom is -0.464 e. The van der Waals surface area contributed by atoms with E-state index in [-0.39, 0.29) is 0 Å². The molecule has 0 fully saturated rings. The van der Waals surface area contributed by atoms with E-state index in [9.17, 15) is 26.7 Å². The molecule has 9 heteroatoms. The second-order valence-corrected chi connectivity index (χ2v) is 4.69. The lowest BCUT2D eigenvalue weighted by molar-refractivity contribution is -0.170. The highest BCUT2D eigenvalue weighted by atomic mass is 35.5. The predicted molar refractivity (Wildman–Crippen MR) is 70.5 cm³/mol. The number of hydrogen-bond acceptors (Lipinski definition) is 3. The number of ether oxygens (including phenoxy) is 1. The van der Waals surface area contributed by atoms with Crippen LogP contribution >= 0.6 is 11.6 Å². The molecule has 0 aliphatic rings. The Morgan fingerprint density at radius 3 is 2.43 bits per heavy atom. The van der Waals surface area contributed by atoms with Crippen molar-refractivity contribution in [3.8, 4) is 11.3 Å². The van der Waals surface area contributed by atoms with Crippen molar-refractivity contribution in [2.24, 2.45) is 0 Å². The summed E-state index contributed by atoms with van der Waals surface area (Å²) in [6.45, 7) is 0. The third-order valence-corrected chi connectivity index (χ3v) is 3.31. The maximum atomic E-state index is 14.3. The summed E-state index contributed by atoms with van der Waals surface area (Å²) in [5, 5.41) is -0.936. The van der Waals surface area contributed by atoms with Gasteiger partial charge < -0.3 is 4.74 Å². The van der Waals surface area contributed by atoms with Crippen LogP contribution in [0.2, 0.25) is 5.02 Å². The first-order valence-corrected chi connectivity index (χ1v) is 6.34. The molecule has 2 aromatic rings. The molecule has 122 valence electrons. The molecule has 0 saturated carbocycles. The Morgan fingerprint density at radius 1 is 1.17 bits per heavy atom. The van der Waals surface area contributed by atoms with E-state index in [1.54, 1.807) is 0 Å². The van der Waals surface area contributed by atoms with Crippen LogP contribution in [0.15, 0.2) is 24.4 Å². The molecule has 0 saturated heterocycles. The maximum Gasteiger partial charge on any atom is 0.381 e. The molecule has 2 rings (SSSR count). The number of benzene rings is 1. The highest BCUT2D eigenvalue weighted by Crippen LogP contribution is 2.36. The van der Waals surface area contributed by atoms with Crippen molar-refractivity contribution in [1.82, 2.24) is 4.98 Å². The van der Waals surface area contributed by atoms with E-state index in [1.807, 2.05) is 0 Å². The van der Waals surface area contributed by atoms with Crippen LogP contribution in [0.1, 0.15) is 5.56 Å². The number of carbonyl (C=O) groups excluding carboxylic acids is 1. The summed E-state index contributed by atoms with van der Waals surface area (Å²) in [7, 11) is 0.704. The van der Waals surface area contributed by atoms with Crippen molar-refractivity contribution in [2.75, 3.05) is 7.11 Å². The lowest BCUT2D eigenvalue weighted by Crippen LogP contribution is -2.28. The zero-order valence-electron chi connectivity index (χ0n) is 11.3. The van der Waals surface area contributed by atoms with Gasteiger partial charge in [0.05, 0.1) is 12.7 Å². The van der Waals surface area contributed by atoms with Gasteiger partial charge in [0.25, 0.3) is 0 Å². The third kappa shape index (κ3) is 2.86. The van der Waals surface area contributed by atoms with Crippen LogP contribution in [0.25, 0.3) is 11.3 Å². The monoisotopic (exact) mass is 351 g/mol. The standard InChI is InChI=1S/C14H7ClF5NO2/c1-23-13(22)14(19,20)7-4-5-21-12(11(7)18)6-2-3-8(16)9(15)10(6)17/h2-5H,1H3. The van der Waals surface area contributed by atoms with Crippen molar-refractivity contribution in [1.29, 1.82) is 0 Å². The molecular weight excluding hydrogens is 345 g/mol. The Bertz CT molecular complexity index is 782. The minimum atomic E-state index is -4.31. The molecule has 0 atom stereocenters. The van der Waals surface area contributed by atoms with E-state index in [1.165, 1.54) is 0 Å². The van der Waals surface area contributed by atoms with Crippen LogP contribution in [0.5, 0.6) is 0 Å². The first kappa shape index (κ1) is 17.1. The number of nitrogens with zero attached hydrogens (tertiary/aromatic N) is 1. The average Bonchev–Trinajstić information content (AvgIpc) is 2.52. The largest absolute Gasteiger partial charge is 0.464 e. The van der Waals surface area contributed by atoms with Crippen LogP contribution < -0.4 is 0 Å². The van der Waals surface area contributed by atoms with Gasteiger partial charge in [-0.2, -0.15) is 8.78 Å². The number of aromatic nitrogens is 1. The normalized spacial score (nSPS) is 11.4. The average molecular weight is 352 g/mol. The van der Waals surface area contributed by atoms with E-state index in [4.69, 9.17) is 11.6 Å². The second-order valence-electron chi connectivity index (χ2n) is 4.31. The van der Waals surface area contributed by atoms with Crippen LogP contribution in [0.4, 0.5) is 22.0 Å². The van der Waals surface area contributed by atoms with Gasteiger partial charge in [-0.1, -0.05) is 11.6 Å². The number of carbonyl (C=O) groups is 1. The molecule has 1 aromatic carbocycles. The van der Waals surface area contributed by atoms with Gasteiger partial charge in [-0.25, -0.2) is 18.0 Å². The lowest BCUT2D eigenvalue weighted by atomic mass is 10.0. The van der Waals surface area contributed by atoms with Gasteiger partial charge in [0.2, 0.25) is 0 Å². The maximum absolute atomic E-state index is 14.3. The molecule has 0 N–H and O–H groups in total. The van der Waals surface area contributed by atoms with Gasteiger partial charge in [-0.05, 0) is 18.2 Å². The molecule has 0 aliphatic carbocycles. The Hall–Kier alpha value is -2.22. The third-order valence-electron chi connectivity index (χ3n) is 2.96. The summed E-state index contributed by atoms with van der Waals surface area (Å²) < 4.78 is 72.9. The Labute approximate surface area is 131 Å². The number of pyridine rings is 1. The fraction of sp³-hybridized carbons (Fsp3) is 0.143. The number of esters is 1. The number of rotatable bonds is 3. The molecule has 0 spiro atoms. The first-order valence-electron chi connectivity index (χ1n) is 5.96. The summed E-state index contributed by atoms with van der Waals surface area (Å²) in [4.78, 5) is 14.6. The molecular formula is C14H7ClF5NO2.